The van der Waals surface area contributed by atoms with Gasteiger partial charge in [-0.1, -0.05) is 0 Å². The number of nitrogens with two attached hydrogens (primary N) is 1. The van der Waals surface area contributed by atoms with Gasteiger partial charge in [-0.3, -0.25) is 8.89 Å². The average molecular weight is 229 g/mol. The number of hydrogen-bond acceptors (Lipinski definition) is 3. The molecule has 1 aromatic heterocycles. The van der Waals surface area contributed by atoms with E-state index in [2.05, 4.69) is 18.9 Å². The SMILES string of the molecule is CC(C)n1ccc(CS(=O)C(C)CN)n1. The Balaban J connectivity index is 2.61. The first-order chi connectivity index (χ1) is 7.04. The molecule has 2 atom stereocenters. The van der Waals surface area contributed by atoms with Crippen LogP contribution in [0.5, 0.6) is 0 Å². The summed E-state index contributed by atoms with van der Waals surface area (Å²) in [4.78, 5) is 0. The maximum Gasteiger partial charge on any atom is 0.0749 e. The highest BCUT2D eigenvalue weighted by atomic mass is 32.2. The van der Waals surface area contributed by atoms with Gasteiger partial charge in [0.15, 0.2) is 0 Å². The Morgan fingerprint density at radius 2 is 2.20 bits per heavy atom. The molecular formula is C10H19N3OS. The third-order valence-electron chi connectivity index (χ3n) is 2.26. The zero-order chi connectivity index (χ0) is 11.4. The van der Waals surface area contributed by atoms with Crippen LogP contribution in [0.4, 0.5) is 0 Å². The maximum absolute atomic E-state index is 11.7. The zero-order valence-corrected chi connectivity index (χ0v) is 10.3. The third kappa shape index (κ3) is 3.43. The smallest absolute Gasteiger partial charge is 0.0749 e. The van der Waals surface area contributed by atoms with E-state index in [1.54, 1.807) is 0 Å². The Morgan fingerprint density at radius 1 is 1.53 bits per heavy atom. The van der Waals surface area contributed by atoms with Crippen molar-refractivity contribution < 1.29 is 4.21 Å². The lowest BCUT2D eigenvalue weighted by Crippen LogP contribution is -2.23. The zero-order valence-electron chi connectivity index (χ0n) is 9.51. The van der Waals surface area contributed by atoms with E-state index in [0.717, 1.165) is 5.69 Å². The summed E-state index contributed by atoms with van der Waals surface area (Å²) in [6, 6.07) is 2.26. The number of aromatic nitrogens is 2. The van der Waals surface area contributed by atoms with Gasteiger partial charge in [0.1, 0.15) is 0 Å². The van der Waals surface area contributed by atoms with Crippen molar-refractivity contribution in [3.05, 3.63) is 18.0 Å². The molecule has 0 fully saturated rings. The summed E-state index contributed by atoms with van der Waals surface area (Å²) in [5, 5.41) is 4.39. The number of rotatable bonds is 5. The minimum atomic E-state index is -0.916. The fourth-order valence-electron chi connectivity index (χ4n) is 1.14. The molecule has 0 aliphatic rings. The van der Waals surface area contributed by atoms with Crippen LogP contribution in [0.2, 0.25) is 0 Å². The van der Waals surface area contributed by atoms with Gasteiger partial charge in [-0.2, -0.15) is 5.10 Å². The highest BCUT2D eigenvalue weighted by Gasteiger charge is 2.11. The Labute approximate surface area is 93.3 Å². The predicted octanol–water partition coefficient (Wildman–Crippen LogP) is 1.06. The topological polar surface area (TPSA) is 60.9 Å². The molecule has 2 N–H and O–H groups in total. The van der Waals surface area contributed by atoms with Crippen LogP contribution in [0.15, 0.2) is 12.3 Å². The van der Waals surface area contributed by atoms with E-state index >= 15 is 0 Å². The second-order valence-corrected chi connectivity index (χ2v) is 5.81. The highest BCUT2D eigenvalue weighted by Crippen LogP contribution is 2.08. The molecule has 4 nitrogen and oxygen atoms in total. The van der Waals surface area contributed by atoms with Crippen molar-refractivity contribution in [3.63, 3.8) is 0 Å². The first-order valence-electron chi connectivity index (χ1n) is 5.16. The van der Waals surface area contributed by atoms with E-state index in [4.69, 9.17) is 5.73 Å². The van der Waals surface area contributed by atoms with Crippen molar-refractivity contribution in [2.45, 2.75) is 37.8 Å². The fraction of sp³-hybridized carbons (Fsp3) is 0.700. The summed E-state index contributed by atoms with van der Waals surface area (Å²) in [6.07, 6.45) is 1.92. The average Bonchev–Trinajstić information content (AvgIpc) is 2.65. The van der Waals surface area contributed by atoms with Crippen LogP contribution in [0.3, 0.4) is 0 Å². The Morgan fingerprint density at radius 3 is 2.67 bits per heavy atom. The summed E-state index contributed by atoms with van der Waals surface area (Å²) in [5.74, 6) is 0.498. The van der Waals surface area contributed by atoms with E-state index < -0.39 is 10.8 Å². The Hall–Kier alpha value is -0.680. The molecule has 0 aromatic carbocycles. The van der Waals surface area contributed by atoms with Crippen molar-refractivity contribution in [2.75, 3.05) is 6.54 Å². The van der Waals surface area contributed by atoms with Gasteiger partial charge in [0.2, 0.25) is 0 Å². The van der Waals surface area contributed by atoms with Crippen molar-refractivity contribution in [1.29, 1.82) is 0 Å². The molecule has 0 bridgehead atoms. The monoisotopic (exact) mass is 229 g/mol. The van der Waals surface area contributed by atoms with Crippen LogP contribution in [-0.2, 0) is 16.6 Å². The number of nitrogens with zero attached hydrogens (tertiary/aromatic N) is 2. The standard InChI is InChI=1S/C10H19N3OS/c1-8(2)13-5-4-10(12-13)7-15(14)9(3)6-11/h4-5,8-9H,6-7,11H2,1-3H3. The molecule has 1 aromatic rings. The van der Waals surface area contributed by atoms with Gasteiger partial charge in [-0.15, -0.1) is 0 Å². The quantitative estimate of drug-likeness (QED) is 0.821. The largest absolute Gasteiger partial charge is 0.329 e. The molecule has 2 unspecified atom stereocenters. The molecule has 0 saturated heterocycles. The normalized spacial score (nSPS) is 15.5. The molecule has 1 rings (SSSR count). The van der Waals surface area contributed by atoms with E-state index in [0.29, 0.717) is 18.3 Å². The minimum absolute atomic E-state index is 0.0363. The van der Waals surface area contributed by atoms with Crippen LogP contribution in [0.1, 0.15) is 32.5 Å². The molecule has 0 radical (unpaired) electrons. The molecule has 0 aliphatic carbocycles. The van der Waals surface area contributed by atoms with E-state index in [9.17, 15) is 4.21 Å². The second-order valence-electron chi connectivity index (χ2n) is 3.95. The fourth-order valence-corrected chi connectivity index (χ4v) is 2.08. The molecule has 86 valence electrons. The van der Waals surface area contributed by atoms with E-state index in [-0.39, 0.29) is 5.25 Å². The molecular weight excluding hydrogens is 210 g/mol. The summed E-state index contributed by atoms with van der Waals surface area (Å²) in [6.45, 7) is 6.49. The van der Waals surface area contributed by atoms with E-state index in [1.165, 1.54) is 0 Å². The lowest BCUT2D eigenvalue weighted by Gasteiger charge is -2.07. The summed E-state index contributed by atoms with van der Waals surface area (Å²) in [5.41, 5.74) is 6.34. The van der Waals surface area contributed by atoms with Crippen molar-refractivity contribution in [1.82, 2.24) is 9.78 Å². The first kappa shape index (κ1) is 12.4. The molecule has 1 heterocycles. The van der Waals surface area contributed by atoms with E-state index in [1.807, 2.05) is 23.9 Å². The van der Waals surface area contributed by atoms with Gasteiger partial charge in [0.05, 0.1) is 11.4 Å². The van der Waals surface area contributed by atoms with Crippen LogP contribution in [0, 0.1) is 0 Å². The highest BCUT2D eigenvalue weighted by molar-refractivity contribution is 7.84. The molecule has 0 amide bonds. The molecule has 0 spiro atoms. The Kier molecular flexibility index (Phi) is 4.47. The first-order valence-corrected chi connectivity index (χ1v) is 6.54. The second kappa shape index (κ2) is 5.42. The molecule has 15 heavy (non-hydrogen) atoms. The van der Waals surface area contributed by atoms with Crippen molar-refractivity contribution in [2.24, 2.45) is 5.73 Å². The van der Waals surface area contributed by atoms with Gasteiger partial charge in [-0.25, -0.2) is 0 Å². The predicted molar refractivity (Wildman–Crippen MR) is 63.0 cm³/mol. The van der Waals surface area contributed by atoms with Crippen LogP contribution in [0.25, 0.3) is 0 Å². The van der Waals surface area contributed by atoms with Gasteiger partial charge < -0.3 is 5.73 Å². The molecule has 0 saturated carbocycles. The molecule has 5 heteroatoms. The van der Waals surface area contributed by atoms with Crippen molar-refractivity contribution in [3.8, 4) is 0 Å². The van der Waals surface area contributed by atoms with Gasteiger partial charge in [0, 0.05) is 34.8 Å². The minimum Gasteiger partial charge on any atom is -0.329 e. The lowest BCUT2D eigenvalue weighted by molar-refractivity contribution is 0.528. The van der Waals surface area contributed by atoms with Crippen molar-refractivity contribution >= 4 is 10.8 Å². The van der Waals surface area contributed by atoms with Gasteiger partial charge in [-0.05, 0) is 26.8 Å². The van der Waals surface area contributed by atoms with Crippen LogP contribution >= 0.6 is 0 Å². The van der Waals surface area contributed by atoms with Gasteiger partial charge in [0.25, 0.3) is 0 Å². The van der Waals surface area contributed by atoms with Crippen LogP contribution < -0.4 is 5.73 Å². The Bertz CT molecular complexity index is 335. The summed E-state index contributed by atoms with van der Waals surface area (Å²) < 4.78 is 13.6. The van der Waals surface area contributed by atoms with Gasteiger partial charge >= 0.3 is 0 Å². The third-order valence-corrected chi connectivity index (χ3v) is 3.93. The summed E-state index contributed by atoms with van der Waals surface area (Å²) in [7, 11) is -0.916. The number of hydrogen-bond donors (Lipinski definition) is 1. The van der Waals surface area contributed by atoms with Crippen LogP contribution in [-0.4, -0.2) is 25.8 Å². The lowest BCUT2D eigenvalue weighted by atomic mass is 10.4. The molecule has 0 aliphatic heterocycles. The maximum atomic E-state index is 11.7. The summed E-state index contributed by atoms with van der Waals surface area (Å²) >= 11 is 0.